The predicted octanol–water partition coefficient (Wildman–Crippen LogP) is 4.18. The van der Waals surface area contributed by atoms with E-state index in [0.717, 1.165) is 38.5 Å². The summed E-state index contributed by atoms with van der Waals surface area (Å²) in [5, 5.41) is 15.7. The fourth-order valence-electron chi connectivity index (χ4n) is 5.55. The van der Waals surface area contributed by atoms with Gasteiger partial charge in [-0.15, -0.1) is 0 Å². The molecule has 2 aromatic rings. The minimum Gasteiger partial charge on any atom is -0.390 e. The SMILES string of the molecule is CCC1(O)CCC2(Cc3ccccc3)c3c(cnn3C)CCCC2C1. The normalized spacial score (nSPS) is 31.9. The Labute approximate surface area is 151 Å². The summed E-state index contributed by atoms with van der Waals surface area (Å²) in [7, 11) is 2.11. The van der Waals surface area contributed by atoms with Crippen molar-refractivity contribution in [2.45, 2.75) is 69.3 Å². The maximum Gasteiger partial charge on any atom is 0.0648 e. The predicted molar refractivity (Wildman–Crippen MR) is 101 cm³/mol. The van der Waals surface area contributed by atoms with Gasteiger partial charge in [0.25, 0.3) is 0 Å². The van der Waals surface area contributed by atoms with Crippen LogP contribution in [0.2, 0.25) is 0 Å². The molecule has 1 saturated carbocycles. The van der Waals surface area contributed by atoms with E-state index in [4.69, 9.17) is 0 Å². The molecule has 3 unspecified atom stereocenters. The molecule has 134 valence electrons. The Hall–Kier alpha value is -1.61. The smallest absolute Gasteiger partial charge is 0.0648 e. The molecule has 1 heterocycles. The number of benzene rings is 1. The van der Waals surface area contributed by atoms with E-state index in [2.05, 4.69) is 60.3 Å². The number of rotatable bonds is 3. The molecule has 0 bridgehead atoms. The number of fused-ring (bicyclic) bond motifs is 3. The molecule has 3 atom stereocenters. The van der Waals surface area contributed by atoms with Crippen LogP contribution >= 0.6 is 0 Å². The number of aromatic nitrogens is 2. The van der Waals surface area contributed by atoms with Crippen LogP contribution in [0.3, 0.4) is 0 Å². The average molecular weight is 338 g/mol. The van der Waals surface area contributed by atoms with E-state index in [0.29, 0.717) is 5.92 Å². The Kier molecular flexibility index (Phi) is 4.23. The molecule has 1 N–H and O–H groups in total. The third kappa shape index (κ3) is 2.83. The average Bonchev–Trinajstić information content (AvgIpc) is 2.92. The summed E-state index contributed by atoms with van der Waals surface area (Å²) < 4.78 is 2.13. The van der Waals surface area contributed by atoms with Gasteiger partial charge in [-0.2, -0.15) is 5.10 Å². The molecule has 3 nitrogen and oxygen atoms in total. The van der Waals surface area contributed by atoms with Crippen molar-refractivity contribution >= 4 is 0 Å². The van der Waals surface area contributed by atoms with Crippen molar-refractivity contribution in [1.29, 1.82) is 0 Å². The summed E-state index contributed by atoms with van der Waals surface area (Å²) >= 11 is 0. The van der Waals surface area contributed by atoms with Crippen LogP contribution in [0, 0.1) is 5.92 Å². The van der Waals surface area contributed by atoms with Crippen molar-refractivity contribution in [2.24, 2.45) is 13.0 Å². The largest absolute Gasteiger partial charge is 0.390 e. The Morgan fingerprint density at radius 2 is 2.04 bits per heavy atom. The zero-order valence-electron chi connectivity index (χ0n) is 15.5. The van der Waals surface area contributed by atoms with Gasteiger partial charge in [0, 0.05) is 18.2 Å². The van der Waals surface area contributed by atoms with Gasteiger partial charge in [-0.05, 0) is 68.4 Å². The standard InChI is InChI=1S/C22H30N2O/c1-3-21(25)12-13-22(14-17-8-5-4-6-9-17)19(15-21)11-7-10-18-16-23-24(2)20(18)22/h4-6,8-9,16,19,25H,3,7,10-15H2,1-2H3. The minimum atomic E-state index is -0.478. The molecule has 1 fully saturated rings. The molecule has 0 radical (unpaired) electrons. The fourth-order valence-corrected chi connectivity index (χ4v) is 5.55. The number of aliphatic hydroxyl groups is 1. The van der Waals surface area contributed by atoms with Crippen molar-refractivity contribution in [3.8, 4) is 0 Å². The van der Waals surface area contributed by atoms with E-state index in [1.807, 2.05) is 0 Å². The highest BCUT2D eigenvalue weighted by atomic mass is 16.3. The zero-order valence-corrected chi connectivity index (χ0v) is 15.5. The van der Waals surface area contributed by atoms with Crippen molar-refractivity contribution in [1.82, 2.24) is 9.78 Å². The summed E-state index contributed by atoms with van der Waals surface area (Å²) in [6.45, 7) is 2.14. The quantitative estimate of drug-likeness (QED) is 0.912. The molecule has 2 aliphatic carbocycles. The molecule has 3 heteroatoms. The summed E-state index contributed by atoms with van der Waals surface area (Å²) in [5.41, 5.74) is 3.91. The summed E-state index contributed by atoms with van der Waals surface area (Å²) in [4.78, 5) is 0. The van der Waals surface area contributed by atoms with Crippen LogP contribution < -0.4 is 0 Å². The first-order valence-electron chi connectivity index (χ1n) is 9.84. The van der Waals surface area contributed by atoms with Crippen LogP contribution in [0.1, 0.15) is 62.3 Å². The molecule has 1 aromatic heterocycles. The first-order valence-corrected chi connectivity index (χ1v) is 9.84. The molecule has 0 spiro atoms. The van der Waals surface area contributed by atoms with Crippen molar-refractivity contribution < 1.29 is 5.11 Å². The van der Waals surface area contributed by atoms with E-state index in [9.17, 15) is 5.11 Å². The summed E-state index contributed by atoms with van der Waals surface area (Å²) in [6, 6.07) is 10.9. The second-order valence-electron chi connectivity index (χ2n) is 8.33. The monoisotopic (exact) mass is 338 g/mol. The van der Waals surface area contributed by atoms with Crippen LogP contribution in [-0.4, -0.2) is 20.5 Å². The molecular weight excluding hydrogens is 308 g/mol. The third-order valence-corrected chi connectivity index (χ3v) is 6.95. The Morgan fingerprint density at radius 3 is 2.80 bits per heavy atom. The number of aryl methyl sites for hydroxylation is 2. The first kappa shape index (κ1) is 16.8. The minimum absolute atomic E-state index is 0.111. The Balaban J connectivity index is 1.82. The van der Waals surface area contributed by atoms with E-state index in [-0.39, 0.29) is 5.41 Å². The highest BCUT2D eigenvalue weighted by molar-refractivity contribution is 5.34. The summed E-state index contributed by atoms with van der Waals surface area (Å²) in [5.74, 6) is 0.531. The van der Waals surface area contributed by atoms with Crippen molar-refractivity contribution in [2.75, 3.05) is 0 Å². The second-order valence-corrected chi connectivity index (χ2v) is 8.33. The second kappa shape index (κ2) is 6.28. The van der Waals surface area contributed by atoms with Crippen LogP contribution in [0.25, 0.3) is 0 Å². The Morgan fingerprint density at radius 1 is 1.24 bits per heavy atom. The zero-order chi connectivity index (χ0) is 17.5. The lowest BCUT2D eigenvalue weighted by Gasteiger charge is -2.50. The molecule has 25 heavy (non-hydrogen) atoms. The summed E-state index contributed by atoms with van der Waals surface area (Å²) in [6.07, 6.45) is 10.4. The molecule has 2 aliphatic rings. The van der Waals surface area contributed by atoms with Gasteiger partial charge in [-0.1, -0.05) is 37.3 Å². The maximum atomic E-state index is 11.0. The molecular formula is C22H30N2O. The van der Waals surface area contributed by atoms with Crippen LogP contribution in [0.4, 0.5) is 0 Å². The van der Waals surface area contributed by atoms with Gasteiger partial charge in [-0.3, -0.25) is 4.68 Å². The van der Waals surface area contributed by atoms with E-state index >= 15 is 0 Å². The molecule has 1 aromatic carbocycles. The third-order valence-electron chi connectivity index (χ3n) is 6.95. The fraction of sp³-hybridized carbons (Fsp3) is 0.591. The Bertz CT molecular complexity index is 738. The van der Waals surface area contributed by atoms with Crippen LogP contribution in [0.5, 0.6) is 0 Å². The van der Waals surface area contributed by atoms with Crippen LogP contribution in [0.15, 0.2) is 36.5 Å². The number of hydrogen-bond acceptors (Lipinski definition) is 2. The van der Waals surface area contributed by atoms with Crippen molar-refractivity contribution in [3.05, 3.63) is 53.3 Å². The molecule has 0 amide bonds. The number of hydrogen-bond donors (Lipinski definition) is 1. The highest BCUT2D eigenvalue weighted by Crippen LogP contribution is 2.53. The molecule has 0 saturated heterocycles. The van der Waals surface area contributed by atoms with Gasteiger partial charge in [0.1, 0.15) is 0 Å². The van der Waals surface area contributed by atoms with E-state index in [1.165, 1.54) is 29.7 Å². The van der Waals surface area contributed by atoms with Gasteiger partial charge >= 0.3 is 0 Å². The highest BCUT2D eigenvalue weighted by Gasteiger charge is 2.51. The molecule has 0 aliphatic heterocycles. The maximum absolute atomic E-state index is 11.0. The van der Waals surface area contributed by atoms with Gasteiger partial charge in [0.15, 0.2) is 0 Å². The van der Waals surface area contributed by atoms with E-state index in [1.54, 1.807) is 0 Å². The van der Waals surface area contributed by atoms with Crippen LogP contribution in [-0.2, 0) is 25.3 Å². The van der Waals surface area contributed by atoms with Gasteiger partial charge in [-0.25, -0.2) is 0 Å². The van der Waals surface area contributed by atoms with Crippen molar-refractivity contribution in [3.63, 3.8) is 0 Å². The lowest BCUT2D eigenvalue weighted by Crippen LogP contribution is -2.49. The molecule has 4 rings (SSSR count). The number of nitrogens with zero attached hydrogens (tertiary/aromatic N) is 2. The van der Waals surface area contributed by atoms with Gasteiger partial charge in [0.2, 0.25) is 0 Å². The lowest BCUT2D eigenvalue weighted by molar-refractivity contribution is -0.0513. The van der Waals surface area contributed by atoms with E-state index < -0.39 is 5.60 Å². The first-order chi connectivity index (χ1) is 12.1. The van der Waals surface area contributed by atoms with Gasteiger partial charge in [0.05, 0.1) is 11.8 Å². The lowest BCUT2D eigenvalue weighted by atomic mass is 9.57. The topological polar surface area (TPSA) is 38.1 Å². The van der Waals surface area contributed by atoms with Gasteiger partial charge < -0.3 is 5.11 Å².